The molecular weight excluding hydrogens is 314 g/mol. The van der Waals surface area contributed by atoms with Gasteiger partial charge in [0.15, 0.2) is 11.4 Å². The number of ether oxygens (including phenoxy) is 2. The van der Waals surface area contributed by atoms with Crippen LogP contribution in [0.2, 0.25) is 5.02 Å². The Morgan fingerprint density at radius 2 is 1.91 bits per heavy atom. The normalized spacial score (nSPS) is 10.5. The molecule has 0 bridgehead atoms. The fourth-order valence-electron chi connectivity index (χ4n) is 2.21. The first kappa shape index (κ1) is 15.3. The predicted octanol–water partition coefficient (Wildman–Crippen LogP) is 4.25. The van der Waals surface area contributed by atoms with Gasteiger partial charge in [0.05, 0.1) is 12.6 Å². The van der Waals surface area contributed by atoms with Gasteiger partial charge in [0.2, 0.25) is 0 Å². The van der Waals surface area contributed by atoms with Gasteiger partial charge in [0, 0.05) is 10.4 Å². The Labute approximate surface area is 138 Å². The van der Waals surface area contributed by atoms with Crippen LogP contribution in [-0.4, -0.2) is 18.1 Å². The third-order valence-corrected chi connectivity index (χ3v) is 3.60. The zero-order valence-electron chi connectivity index (χ0n) is 12.5. The van der Waals surface area contributed by atoms with Gasteiger partial charge in [-0.3, -0.25) is 0 Å². The SMILES string of the molecule is COC(=O)c1nc2cc(Cl)ccc2cc1OCc1ccccc1. The Bertz CT molecular complexity index is 850. The highest BCUT2D eigenvalue weighted by atomic mass is 35.5. The number of carbonyl (C=O) groups excluding carboxylic acids is 1. The van der Waals surface area contributed by atoms with Crippen LogP contribution in [0.25, 0.3) is 10.9 Å². The summed E-state index contributed by atoms with van der Waals surface area (Å²) < 4.78 is 10.6. The molecule has 116 valence electrons. The smallest absolute Gasteiger partial charge is 0.360 e. The number of pyridine rings is 1. The van der Waals surface area contributed by atoms with Crippen molar-refractivity contribution in [1.29, 1.82) is 0 Å². The van der Waals surface area contributed by atoms with E-state index >= 15 is 0 Å². The van der Waals surface area contributed by atoms with Gasteiger partial charge >= 0.3 is 5.97 Å². The van der Waals surface area contributed by atoms with Crippen LogP contribution in [-0.2, 0) is 11.3 Å². The van der Waals surface area contributed by atoms with Crippen LogP contribution in [0.3, 0.4) is 0 Å². The fraction of sp³-hybridized carbons (Fsp3) is 0.111. The molecule has 3 rings (SSSR count). The van der Waals surface area contributed by atoms with Gasteiger partial charge in [-0.15, -0.1) is 0 Å². The van der Waals surface area contributed by atoms with E-state index in [2.05, 4.69) is 4.98 Å². The molecule has 2 aromatic carbocycles. The third-order valence-electron chi connectivity index (χ3n) is 3.36. The third kappa shape index (κ3) is 3.43. The zero-order valence-corrected chi connectivity index (χ0v) is 13.2. The van der Waals surface area contributed by atoms with Gasteiger partial charge in [-0.05, 0) is 23.8 Å². The average Bonchev–Trinajstić information content (AvgIpc) is 2.59. The molecule has 0 aliphatic rings. The summed E-state index contributed by atoms with van der Waals surface area (Å²) in [4.78, 5) is 16.3. The van der Waals surface area contributed by atoms with E-state index < -0.39 is 5.97 Å². The average molecular weight is 328 g/mol. The second kappa shape index (κ2) is 6.67. The Morgan fingerprint density at radius 1 is 1.13 bits per heavy atom. The molecule has 3 aromatic rings. The summed E-state index contributed by atoms with van der Waals surface area (Å²) in [6, 6.07) is 16.8. The summed E-state index contributed by atoms with van der Waals surface area (Å²) in [5.41, 5.74) is 1.75. The second-order valence-corrected chi connectivity index (χ2v) is 5.37. The van der Waals surface area contributed by atoms with E-state index in [-0.39, 0.29) is 5.69 Å². The number of methoxy groups -OCH3 is 1. The van der Waals surface area contributed by atoms with Crippen molar-refractivity contribution >= 4 is 28.5 Å². The van der Waals surface area contributed by atoms with E-state index in [0.717, 1.165) is 10.9 Å². The van der Waals surface area contributed by atoms with Gasteiger partial charge in [-0.25, -0.2) is 9.78 Å². The van der Waals surface area contributed by atoms with Crippen molar-refractivity contribution in [3.05, 3.63) is 70.9 Å². The van der Waals surface area contributed by atoms with E-state index in [4.69, 9.17) is 21.1 Å². The van der Waals surface area contributed by atoms with Gasteiger partial charge in [-0.1, -0.05) is 48.0 Å². The monoisotopic (exact) mass is 327 g/mol. The molecule has 0 fully saturated rings. The summed E-state index contributed by atoms with van der Waals surface area (Å²) in [5, 5.41) is 1.39. The van der Waals surface area contributed by atoms with Crippen LogP contribution in [0.4, 0.5) is 0 Å². The lowest BCUT2D eigenvalue weighted by atomic mass is 10.2. The summed E-state index contributed by atoms with van der Waals surface area (Å²) in [6.45, 7) is 0.339. The van der Waals surface area contributed by atoms with Crippen molar-refractivity contribution in [3.63, 3.8) is 0 Å². The van der Waals surface area contributed by atoms with Crippen molar-refractivity contribution in [2.45, 2.75) is 6.61 Å². The second-order valence-electron chi connectivity index (χ2n) is 4.94. The number of fused-ring (bicyclic) bond motifs is 1. The first-order chi connectivity index (χ1) is 11.2. The molecule has 0 aliphatic carbocycles. The van der Waals surface area contributed by atoms with Crippen LogP contribution in [0.1, 0.15) is 16.1 Å². The molecule has 0 unspecified atom stereocenters. The molecule has 5 heteroatoms. The first-order valence-corrected chi connectivity index (χ1v) is 7.40. The summed E-state index contributed by atoms with van der Waals surface area (Å²) >= 11 is 5.98. The Balaban J connectivity index is 1.99. The van der Waals surface area contributed by atoms with Crippen molar-refractivity contribution in [2.24, 2.45) is 0 Å². The molecule has 0 radical (unpaired) electrons. The number of carbonyl (C=O) groups is 1. The highest BCUT2D eigenvalue weighted by Crippen LogP contribution is 2.26. The van der Waals surface area contributed by atoms with Gasteiger partial charge in [0.1, 0.15) is 6.61 Å². The van der Waals surface area contributed by atoms with Crippen molar-refractivity contribution in [3.8, 4) is 5.75 Å². The van der Waals surface area contributed by atoms with Crippen LogP contribution in [0.5, 0.6) is 5.75 Å². The highest BCUT2D eigenvalue weighted by molar-refractivity contribution is 6.31. The van der Waals surface area contributed by atoms with Gasteiger partial charge < -0.3 is 9.47 Å². The number of esters is 1. The van der Waals surface area contributed by atoms with E-state index in [1.807, 2.05) is 36.4 Å². The fourth-order valence-corrected chi connectivity index (χ4v) is 2.38. The largest absolute Gasteiger partial charge is 0.486 e. The molecule has 1 heterocycles. The van der Waals surface area contributed by atoms with Crippen molar-refractivity contribution in [1.82, 2.24) is 4.98 Å². The molecule has 0 aliphatic heterocycles. The molecule has 23 heavy (non-hydrogen) atoms. The lowest BCUT2D eigenvalue weighted by molar-refractivity contribution is 0.0589. The van der Waals surface area contributed by atoms with E-state index in [1.165, 1.54) is 7.11 Å². The lowest BCUT2D eigenvalue weighted by Gasteiger charge is -2.11. The molecule has 0 amide bonds. The number of rotatable bonds is 4. The predicted molar refractivity (Wildman–Crippen MR) is 88.9 cm³/mol. The maximum atomic E-state index is 12.0. The zero-order chi connectivity index (χ0) is 16.2. The number of benzene rings is 2. The maximum absolute atomic E-state index is 12.0. The first-order valence-electron chi connectivity index (χ1n) is 7.03. The number of hydrogen-bond donors (Lipinski definition) is 0. The molecular formula is C18H14ClNO3. The van der Waals surface area contributed by atoms with E-state index in [0.29, 0.717) is 22.9 Å². The molecule has 0 N–H and O–H groups in total. The summed E-state index contributed by atoms with van der Waals surface area (Å²) in [6.07, 6.45) is 0. The Morgan fingerprint density at radius 3 is 2.65 bits per heavy atom. The minimum absolute atomic E-state index is 0.137. The lowest BCUT2D eigenvalue weighted by Crippen LogP contribution is -2.08. The van der Waals surface area contributed by atoms with Crippen LogP contribution in [0.15, 0.2) is 54.6 Å². The quantitative estimate of drug-likeness (QED) is 0.672. The number of halogens is 1. The minimum Gasteiger partial charge on any atom is -0.486 e. The molecule has 1 aromatic heterocycles. The molecule has 0 saturated heterocycles. The minimum atomic E-state index is -0.546. The van der Waals surface area contributed by atoms with E-state index in [1.54, 1.807) is 18.2 Å². The standard InChI is InChI=1S/C18H14ClNO3/c1-22-18(21)17-16(23-11-12-5-3-2-4-6-12)9-13-7-8-14(19)10-15(13)20-17/h2-10H,11H2,1H3. The van der Waals surface area contributed by atoms with Crippen LogP contribution in [0, 0.1) is 0 Å². The van der Waals surface area contributed by atoms with Gasteiger partial charge in [-0.2, -0.15) is 0 Å². The van der Waals surface area contributed by atoms with Crippen molar-refractivity contribution in [2.75, 3.05) is 7.11 Å². The van der Waals surface area contributed by atoms with Crippen molar-refractivity contribution < 1.29 is 14.3 Å². The highest BCUT2D eigenvalue weighted by Gasteiger charge is 2.17. The Kier molecular flexibility index (Phi) is 4.44. The number of nitrogens with zero attached hydrogens (tertiary/aromatic N) is 1. The van der Waals surface area contributed by atoms with Crippen LogP contribution >= 0.6 is 11.6 Å². The topological polar surface area (TPSA) is 48.4 Å². The molecule has 0 spiro atoms. The van der Waals surface area contributed by atoms with E-state index in [9.17, 15) is 4.79 Å². The van der Waals surface area contributed by atoms with Crippen LogP contribution < -0.4 is 4.74 Å². The summed E-state index contributed by atoms with van der Waals surface area (Å²) in [5.74, 6) is -0.162. The number of hydrogen-bond acceptors (Lipinski definition) is 4. The number of aromatic nitrogens is 1. The maximum Gasteiger partial charge on any atom is 0.360 e. The molecule has 0 saturated carbocycles. The summed E-state index contributed by atoms with van der Waals surface area (Å²) in [7, 11) is 1.31. The Hall–Kier alpha value is -2.59. The molecule has 4 nitrogen and oxygen atoms in total. The van der Waals surface area contributed by atoms with Gasteiger partial charge in [0.25, 0.3) is 0 Å². The molecule has 0 atom stereocenters.